The van der Waals surface area contributed by atoms with E-state index in [1.165, 1.54) is 21.1 Å². The molecule has 0 aromatic rings. The van der Waals surface area contributed by atoms with Crippen LogP contribution in [0.4, 0.5) is 4.79 Å². The third kappa shape index (κ3) is 5.04. The van der Waals surface area contributed by atoms with Gasteiger partial charge in [0.2, 0.25) is 0 Å². The van der Waals surface area contributed by atoms with Crippen LogP contribution in [0.3, 0.4) is 0 Å². The molecule has 0 rings (SSSR count). The molecule has 2 amide bonds. The van der Waals surface area contributed by atoms with Crippen LogP contribution in [0.15, 0.2) is 0 Å². The average molecular weight is 249 g/mol. The van der Waals surface area contributed by atoms with Crippen LogP contribution in [-0.4, -0.2) is 54.7 Å². The third-order valence-corrected chi connectivity index (χ3v) is 1.92. The van der Waals surface area contributed by atoms with Gasteiger partial charge in [0, 0.05) is 18.1 Å². The Morgan fingerprint density at radius 1 is 1.35 bits per heavy atom. The summed E-state index contributed by atoms with van der Waals surface area (Å²) < 4.78 is 27.2. The molecule has 0 saturated heterocycles. The molecule has 6 heteroatoms. The van der Waals surface area contributed by atoms with Crippen molar-refractivity contribution in [2.24, 2.45) is 0 Å². The van der Waals surface area contributed by atoms with Gasteiger partial charge in [0.1, 0.15) is 11.6 Å². The van der Waals surface area contributed by atoms with E-state index in [1.54, 1.807) is 20.8 Å². The largest absolute Gasteiger partial charge is 0.444 e. The molecule has 0 bridgehead atoms. The molecule has 0 saturated carbocycles. The van der Waals surface area contributed by atoms with Crippen LogP contribution in [0.1, 0.15) is 31.8 Å². The molecule has 0 aliphatic heterocycles. The van der Waals surface area contributed by atoms with Crippen molar-refractivity contribution in [3.05, 3.63) is 0 Å². The van der Waals surface area contributed by atoms with Crippen molar-refractivity contribution in [1.82, 2.24) is 9.96 Å². The quantitative estimate of drug-likeness (QED) is 0.707. The summed E-state index contributed by atoms with van der Waals surface area (Å²) >= 11 is 0. The van der Waals surface area contributed by atoms with E-state index in [4.69, 9.17) is 13.7 Å². The molecule has 0 aromatic heterocycles. The maximum absolute atomic E-state index is 12.0. The highest BCUT2D eigenvalue weighted by atomic mass is 16.7. The Balaban J connectivity index is 5.28. The van der Waals surface area contributed by atoms with Crippen LogP contribution in [0.5, 0.6) is 0 Å². The zero-order valence-electron chi connectivity index (χ0n) is 14.1. The molecule has 0 aromatic carbocycles. The van der Waals surface area contributed by atoms with Crippen molar-refractivity contribution in [1.29, 1.82) is 0 Å². The van der Waals surface area contributed by atoms with Crippen LogP contribution in [0.2, 0.25) is 0 Å². The molecule has 0 radical (unpaired) electrons. The molecule has 0 spiro atoms. The highest BCUT2D eigenvalue weighted by molar-refractivity contribution is 5.84. The van der Waals surface area contributed by atoms with Crippen LogP contribution in [-0.2, 0) is 14.4 Å². The first kappa shape index (κ1) is 10.8. The number of hydrogen-bond acceptors (Lipinski definition) is 4. The highest BCUT2D eigenvalue weighted by Gasteiger charge is 2.28. The first-order valence-electron chi connectivity index (χ1n) is 6.65. The molecular formula is C11H22N2O4. The summed E-state index contributed by atoms with van der Waals surface area (Å²) in [6.07, 6.45) is -1.08. The molecule has 0 unspecified atom stereocenters. The monoisotopic (exact) mass is 249 g/mol. The van der Waals surface area contributed by atoms with Gasteiger partial charge in [-0.05, 0) is 27.7 Å². The van der Waals surface area contributed by atoms with Crippen LogP contribution < -0.4 is 0 Å². The van der Waals surface area contributed by atoms with E-state index in [2.05, 4.69) is 0 Å². The minimum absolute atomic E-state index is 0.427. The van der Waals surface area contributed by atoms with Crippen molar-refractivity contribution >= 4 is 12.0 Å². The number of hydroxylamine groups is 2. The van der Waals surface area contributed by atoms with E-state index >= 15 is 0 Å². The second-order valence-corrected chi connectivity index (χ2v) is 4.54. The van der Waals surface area contributed by atoms with Crippen molar-refractivity contribution in [3.8, 4) is 0 Å². The Morgan fingerprint density at radius 2 is 1.88 bits per heavy atom. The molecular weight excluding hydrogens is 224 g/mol. The van der Waals surface area contributed by atoms with Gasteiger partial charge in [0.05, 0.1) is 7.11 Å². The van der Waals surface area contributed by atoms with Gasteiger partial charge in [-0.25, -0.2) is 9.86 Å². The average Bonchev–Trinajstić information content (AvgIpc) is 2.22. The van der Waals surface area contributed by atoms with Crippen LogP contribution in [0.25, 0.3) is 0 Å². The first-order chi connectivity index (χ1) is 8.81. The van der Waals surface area contributed by atoms with Gasteiger partial charge in [0.15, 0.2) is 0 Å². The van der Waals surface area contributed by atoms with Crippen molar-refractivity contribution in [2.45, 2.75) is 39.3 Å². The topological polar surface area (TPSA) is 59.1 Å². The molecule has 1 atom stereocenters. The predicted octanol–water partition coefficient (Wildman–Crippen LogP) is 1.26. The zero-order chi connectivity index (χ0) is 16.3. The minimum Gasteiger partial charge on any atom is -0.444 e. The zero-order valence-corrected chi connectivity index (χ0v) is 11.1. The lowest BCUT2D eigenvalue weighted by Crippen LogP contribution is -2.47. The van der Waals surface area contributed by atoms with E-state index < -0.39 is 30.6 Å². The Labute approximate surface area is 107 Å². The van der Waals surface area contributed by atoms with Crippen molar-refractivity contribution in [2.75, 3.05) is 21.1 Å². The lowest BCUT2D eigenvalue weighted by Gasteiger charge is -2.29. The van der Waals surface area contributed by atoms with Crippen molar-refractivity contribution in [3.63, 3.8) is 0 Å². The Kier molecular flexibility index (Phi) is 3.73. The Hall–Kier alpha value is -1.30. The molecule has 0 aliphatic carbocycles. The van der Waals surface area contributed by atoms with Gasteiger partial charge in [0.25, 0.3) is 5.91 Å². The number of hydrogen-bond donors (Lipinski definition) is 0. The van der Waals surface area contributed by atoms with Gasteiger partial charge < -0.3 is 4.74 Å². The van der Waals surface area contributed by atoms with Gasteiger partial charge in [-0.15, -0.1) is 0 Å². The maximum Gasteiger partial charge on any atom is 0.410 e. The van der Waals surface area contributed by atoms with Gasteiger partial charge >= 0.3 is 6.09 Å². The Morgan fingerprint density at radius 3 is 2.24 bits per heavy atom. The lowest BCUT2D eigenvalue weighted by molar-refractivity contribution is -0.173. The fourth-order valence-electron chi connectivity index (χ4n) is 0.933. The van der Waals surface area contributed by atoms with Crippen LogP contribution in [0, 0.1) is 0 Å². The predicted molar refractivity (Wildman–Crippen MR) is 63.2 cm³/mol. The summed E-state index contributed by atoms with van der Waals surface area (Å²) in [4.78, 5) is 29.1. The number of rotatable bonds is 3. The maximum atomic E-state index is 12.0. The normalized spacial score (nSPS) is 16.2. The van der Waals surface area contributed by atoms with Crippen LogP contribution >= 0.6 is 0 Å². The number of likely N-dealkylation sites (N-methyl/N-ethyl adjacent to an activating group) is 2. The molecule has 6 nitrogen and oxygen atoms in total. The van der Waals surface area contributed by atoms with E-state index in [0.717, 1.165) is 5.06 Å². The summed E-state index contributed by atoms with van der Waals surface area (Å²) in [5.41, 5.74) is -0.865. The number of ether oxygens (including phenoxy) is 1. The molecule has 0 fully saturated rings. The van der Waals surface area contributed by atoms with Crippen molar-refractivity contribution < 1.29 is 23.3 Å². The first-order valence-corrected chi connectivity index (χ1v) is 5.15. The molecule has 100 valence electrons. The summed E-state index contributed by atoms with van der Waals surface area (Å²) in [5, 5.41) is 0.855. The van der Waals surface area contributed by atoms with Gasteiger partial charge in [-0.2, -0.15) is 0 Å². The van der Waals surface area contributed by atoms with E-state index in [9.17, 15) is 9.59 Å². The fraction of sp³-hybridized carbons (Fsp3) is 0.818. The smallest absolute Gasteiger partial charge is 0.410 e. The number of carbonyl (C=O) groups is 2. The molecule has 0 N–H and O–H groups in total. The summed E-state index contributed by atoms with van der Waals surface area (Å²) in [6.45, 7) is 3.32. The summed E-state index contributed by atoms with van der Waals surface area (Å²) in [6, 6.07) is -1.25. The van der Waals surface area contributed by atoms with E-state index in [1.807, 2.05) is 0 Å². The minimum atomic E-state index is -2.80. The fourth-order valence-corrected chi connectivity index (χ4v) is 0.933. The highest BCUT2D eigenvalue weighted by Crippen LogP contribution is 2.11. The SMILES string of the molecule is [2H]C([2H])([2H])N(C(=O)OC(C)(C)C)[C@@H](C)C(=O)N(C)OC. The second kappa shape index (κ2) is 5.86. The standard InChI is InChI=1S/C11H22N2O4/c1-8(9(14)13(6)16-7)12(5)10(15)17-11(2,3)4/h8H,1-7H3/t8-/m0/s1/i5D3. The van der Waals surface area contributed by atoms with Gasteiger partial charge in [-0.1, -0.05) is 0 Å². The number of amides is 2. The number of nitrogens with zero attached hydrogens (tertiary/aromatic N) is 2. The van der Waals surface area contributed by atoms with E-state index in [0.29, 0.717) is 4.90 Å². The molecule has 17 heavy (non-hydrogen) atoms. The van der Waals surface area contributed by atoms with Gasteiger partial charge in [-0.3, -0.25) is 14.5 Å². The number of carbonyl (C=O) groups excluding carboxylic acids is 2. The van der Waals surface area contributed by atoms with E-state index in [-0.39, 0.29) is 0 Å². The second-order valence-electron chi connectivity index (χ2n) is 4.54. The molecule has 0 aliphatic rings. The third-order valence-electron chi connectivity index (χ3n) is 1.92. The molecule has 0 heterocycles. The Bertz CT molecular complexity index is 366. The lowest BCUT2D eigenvalue weighted by atomic mass is 10.2. The summed E-state index contributed by atoms with van der Waals surface area (Å²) in [5.74, 6) is -0.672. The summed E-state index contributed by atoms with van der Waals surface area (Å²) in [7, 11) is 2.59.